The Hall–Kier alpha value is -2.99. The maximum absolute atomic E-state index is 13.1. The number of ether oxygens (including phenoxy) is 2. The molecule has 28 heavy (non-hydrogen) atoms. The van der Waals surface area contributed by atoms with Gasteiger partial charge in [0.05, 0.1) is 19.3 Å². The average Bonchev–Trinajstić information content (AvgIpc) is 2.73. The topological polar surface area (TPSA) is 55.8 Å². The number of para-hydroxylation sites is 1. The van der Waals surface area contributed by atoms with Crippen molar-refractivity contribution in [2.45, 2.75) is 6.54 Å². The number of rotatable bonds is 9. The lowest BCUT2D eigenvalue weighted by Crippen LogP contribution is -2.34. The number of methoxy groups -OCH3 is 1. The third-order valence-corrected chi connectivity index (χ3v) is 5.91. The largest absolute Gasteiger partial charge is 0.497 e. The quantitative estimate of drug-likeness (QED) is 0.545. The summed E-state index contributed by atoms with van der Waals surface area (Å²) >= 11 is 0. The molecule has 0 N–H and O–H groups in total. The van der Waals surface area contributed by atoms with E-state index in [9.17, 15) is 8.42 Å². The van der Waals surface area contributed by atoms with Crippen LogP contribution in [0.2, 0.25) is 0 Å². The second-order valence-electron chi connectivity index (χ2n) is 6.17. The Labute approximate surface area is 166 Å². The van der Waals surface area contributed by atoms with Crippen LogP contribution in [0.4, 0.5) is 5.69 Å². The minimum atomic E-state index is -3.57. The van der Waals surface area contributed by atoms with Crippen LogP contribution in [0.5, 0.6) is 11.5 Å². The van der Waals surface area contributed by atoms with Gasteiger partial charge in [-0.1, -0.05) is 48.5 Å². The fourth-order valence-corrected chi connectivity index (χ4v) is 4.04. The SMILES string of the molecule is COc1ccc(OCCS(=O)(=O)N(Cc2ccccc2)c2ccccc2)cc1. The fraction of sp³-hybridized carbons (Fsp3) is 0.182. The van der Waals surface area contributed by atoms with Gasteiger partial charge in [0, 0.05) is 0 Å². The van der Waals surface area contributed by atoms with Gasteiger partial charge in [-0.15, -0.1) is 0 Å². The summed E-state index contributed by atoms with van der Waals surface area (Å²) in [5.41, 5.74) is 1.56. The Morgan fingerprint density at radius 2 is 1.36 bits per heavy atom. The lowest BCUT2D eigenvalue weighted by molar-refractivity contribution is 0.339. The summed E-state index contributed by atoms with van der Waals surface area (Å²) in [6, 6.07) is 25.7. The number of nitrogens with zero attached hydrogens (tertiary/aromatic N) is 1. The highest BCUT2D eigenvalue weighted by molar-refractivity contribution is 7.92. The predicted molar refractivity (Wildman–Crippen MR) is 111 cm³/mol. The molecule has 0 radical (unpaired) electrons. The maximum Gasteiger partial charge on any atom is 0.238 e. The molecule has 0 bridgehead atoms. The molecule has 0 aliphatic rings. The van der Waals surface area contributed by atoms with Crippen molar-refractivity contribution < 1.29 is 17.9 Å². The molecule has 3 aromatic rings. The number of sulfonamides is 1. The molecule has 0 spiro atoms. The van der Waals surface area contributed by atoms with Crippen LogP contribution in [-0.4, -0.2) is 27.9 Å². The summed E-state index contributed by atoms with van der Waals surface area (Å²) in [5.74, 6) is 1.20. The van der Waals surface area contributed by atoms with E-state index in [0.29, 0.717) is 11.4 Å². The second-order valence-corrected chi connectivity index (χ2v) is 8.18. The van der Waals surface area contributed by atoms with E-state index in [2.05, 4.69) is 0 Å². The van der Waals surface area contributed by atoms with E-state index in [1.54, 1.807) is 43.5 Å². The van der Waals surface area contributed by atoms with E-state index >= 15 is 0 Å². The van der Waals surface area contributed by atoms with Crippen molar-refractivity contribution in [3.8, 4) is 11.5 Å². The standard InChI is InChI=1S/C22H23NO4S/c1-26-21-12-14-22(15-13-21)27-16-17-28(24,25)23(20-10-6-3-7-11-20)18-19-8-4-2-5-9-19/h2-15H,16-18H2,1H3. The van der Waals surface area contributed by atoms with Crippen LogP contribution >= 0.6 is 0 Å². The van der Waals surface area contributed by atoms with E-state index < -0.39 is 10.0 Å². The molecule has 0 fully saturated rings. The Kier molecular flexibility index (Phi) is 6.55. The van der Waals surface area contributed by atoms with Crippen LogP contribution in [0, 0.1) is 0 Å². The molecular formula is C22H23NO4S. The number of benzene rings is 3. The van der Waals surface area contributed by atoms with Crippen LogP contribution in [0.25, 0.3) is 0 Å². The van der Waals surface area contributed by atoms with E-state index in [1.807, 2.05) is 48.5 Å². The van der Waals surface area contributed by atoms with Crippen LogP contribution in [0.15, 0.2) is 84.9 Å². The van der Waals surface area contributed by atoms with Crippen molar-refractivity contribution in [2.24, 2.45) is 0 Å². The Bertz CT molecular complexity index is 958. The van der Waals surface area contributed by atoms with Crippen molar-refractivity contribution in [1.29, 1.82) is 0 Å². The van der Waals surface area contributed by atoms with Gasteiger partial charge < -0.3 is 9.47 Å². The number of anilines is 1. The fourth-order valence-electron chi connectivity index (χ4n) is 2.74. The molecule has 3 aromatic carbocycles. The van der Waals surface area contributed by atoms with E-state index in [0.717, 1.165) is 11.3 Å². The summed E-state index contributed by atoms with van der Waals surface area (Å²) in [6.45, 7) is 0.336. The maximum atomic E-state index is 13.1. The third kappa shape index (κ3) is 5.27. The lowest BCUT2D eigenvalue weighted by Gasteiger charge is -2.24. The van der Waals surface area contributed by atoms with E-state index in [4.69, 9.17) is 9.47 Å². The van der Waals surface area contributed by atoms with Crippen LogP contribution in [0.1, 0.15) is 5.56 Å². The minimum absolute atomic E-state index is 0.0623. The molecule has 0 aliphatic carbocycles. The van der Waals surface area contributed by atoms with Crippen LogP contribution in [0.3, 0.4) is 0 Å². The highest BCUT2D eigenvalue weighted by Gasteiger charge is 2.23. The van der Waals surface area contributed by atoms with Crippen molar-refractivity contribution in [1.82, 2.24) is 0 Å². The number of hydrogen-bond acceptors (Lipinski definition) is 4. The monoisotopic (exact) mass is 397 g/mol. The molecule has 0 heterocycles. The van der Waals surface area contributed by atoms with Crippen molar-refractivity contribution in [2.75, 3.05) is 23.8 Å². The predicted octanol–water partition coefficient (Wildman–Crippen LogP) is 4.11. The highest BCUT2D eigenvalue weighted by Crippen LogP contribution is 2.22. The molecule has 0 saturated carbocycles. The van der Waals surface area contributed by atoms with Gasteiger partial charge in [0.15, 0.2) is 0 Å². The first-order valence-electron chi connectivity index (χ1n) is 8.95. The van der Waals surface area contributed by atoms with Gasteiger partial charge in [0.25, 0.3) is 0 Å². The molecule has 0 unspecified atom stereocenters. The summed E-state index contributed by atoms with van der Waals surface area (Å²) in [6.07, 6.45) is 0. The van der Waals surface area contributed by atoms with Gasteiger partial charge in [0.1, 0.15) is 23.9 Å². The third-order valence-electron chi connectivity index (χ3n) is 4.22. The molecule has 0 amide bonds. The first kappa shape index (κ1) is 19.8. The molecule has 146 valence electrons. The van der Waals surface area contributed by atoms with Gasteiger partial charge in [-0.2, -0.15) is 0 Å². The minimum Gasteiger partial charge on any atom is -0.497 e. The zero-order valence-corrected chi connectivity index (χ0v) is 16.5. The van der Waals surface area contributed by atoms with Gasteiger partial charge in [-0.05, 0) is 42.0 Å². The molecule has 0 atom stereocenters. The first-order valence-corrected chi connectivity index (χ1v) is 10.6. The zero-order valence-electron chi connectivity index (χ0n) is 15.7. The highest BCUT2D eigenvalue weighted by atomic mass is 32.2. The number of hydrogen-bond donors (Lipinski definition) is 0. The van der Waals surface area contributed by atoms with Crippen LogP contribution in [-0.2, 0) is 16.6 Å². The second kappa shape index (κ2) is 9.28. The van der Waals surface area contributed by atoms with Gasteiger partial charge in [-0.25, -0.2) is 8.42 Å². The molecule has 0 aliphatic heterocycles. The Morgan fingerprint density at radius 1 is 0.786 bits per heavy atom. The first-order chi connectivity index (χ1) is 13.6. The summed E-state index contributed by atoms with van der Waals surface area (Å²) in [4.78, 5) is 0. The molecule has 6 heteroatoms. The zero-order chi connectivity index (χ0) is 19.8. The lowest BCUT2D eigenvalue weighted by atomic mass is 10.2. The average molecular weight is 397 g/mol. The summed E-state index contributed by atoms with van der Waals surface area (Å²) in [7, 11) is -1.98. The van der Waals surface area contributed by atoms with E-state index in [1.165, 1.54) is 4.31 Å². The molecule has 0 aromatic heterocycles. The molecule has 5 nitrogen and oxygen atoms in total. The van der Waals surface area contributed by atoms with E-state index in [-0.39, 0.29) is 18.9 Å². The smallest absolute Gasteiger partial charge is 0.238 e. The molecular weight excluding hydrogens is 374 g/mol. The Balaban J connectivity index is 1.72. The molecule has 3 rings (SSSR count). The van der Waals surface area contributed by atoms with Crippen LogP contribution < -0.4 is 13.8 Å². The normalized spacial score (nSPS) is 11.0. The summed E-state index contributed by atoms with van der Waals surface area (Å²) < 4.78 is 38.3. The van der Waals surface area contributed by atoms with Gasteiger partial charge in [0.2, 0.25) is 10.0 Å². The van der Waals surface area contributed by atoms with Crippen molar-refractivity contribution in [3.63, 3.8) is 0 Å². The summed E-state index contributed by atoms with van der Waals surface area (Å²) in [5, 5.41) is 0. The van der Waals surface area contributed by atoms with Gasteiger partial charge in [-0.3, -0.25) is 4.31 Å². The Morgan fingerprint density at radius 3 is 1.96 bits per heavy atom. The van der Waals surface area contributed by atoms with Crippen molar-refractivity contribution >= 4 is 15.7 Å². The van der Waals surface area contributed by atoms with Crippen molar-refractivity contribution in [3.05, 3.63) is 90.5 Å². The molecule has 0 saturated heterocycles. The van der Waals surface area contributed by atoms with Gasteiger partial charge >= 0.3 is 0 Å².